The van der Waals surface area contributed by atoms with Crippen molar-refractivity contribution in [3.63, 3.8) is 0 Å². The van der Waals surface area contributed by atoms with Gasteiger partial charge in [-0.1, -0.05) is 263 Å². The van der Waals surface area contributed by atoms with E-state index in [9.17, 15) is 45.6 Å². The van der Waals surface area contributed by atoms with Gasteiger partial charge in [0.15, 0.2) is 12.6 Å². The first-order valence-electron chi connectivity index (χ1n) is 33.1. The molecule has 1 amide bonds. The van der Waals surface area contributed by atoms with Crippen LogP contribution in [0.4, 0.5) is 0 Å². The molecule has 14 nitrogen and oxygen atoms in total. The molecule has 0 spiro atoms. The Hall–Kier alpha value is -1.53. The van der Waals surface area contributed by atoms with Crippen molar-refractivity contribution >= 4 is 5.91 Å². The van der Waals surface area contributed by atoms with Crippen molar-refractivity contribution in [2.45, 2.75) is 364 Å². The van der Waals surface area contributed by atoms with E-state index in [0.29, 0.717) is 12.8 Å². The Balaban J connectivity index is 1.66. The summed E-state index contributed by atoms with van der Waals surface area (Å²) in [7, 11) is 0. The molecule has 2 fully saturated rings. The summed E-state index contributed by atoms with van der Waals surface area (Å²) in [5.74, 6) is -0.217. The molecule has 0 saturated carbocycles. The first-order valence-corrected chi connectivity index (χ1v) is 33.1. The lowest BCUT2D eigenvalue weighted by Gasteiger charge is -2.46. The molecule has 79 heavy (non-hydrogen) atoms. The third-order valence-electron chi connectivity index (χ3n) is 16.4. The minimum absolute atomic E-state index is 0.217. The van der Waals surface area contributed by atoms with E-state index in [2.05, 4.69) is 43.5 Å². The molecule has 14 heteroatoms. The zero-order valence-corrected chi connectivity index (χ0v) is 50.4. The van der Waals surface area contributed by atoms with Gasteiger partial charge in [-0.25, -0.2) is 0 Å². The quantitative estimate of drug-likeness (QED) is 0.0204. The summed E-state index contributed by atoms with van der Waals surface area (Å²) < 4.78 is 22.9. The fourth-order valence-corrected chi connectivity index (χ4v) is 11.1. The number of amides is 1. The van der Waals surface area contributed by atoms with Crippen LogP contribution in [0.25, 0.3) is 0 Å². The highest BCUT2D eigenvalue weighted by atomic mass is 16.7. The molecule has 12 atom stereocenters. The molecule has 2 rings (SSSR count). The number of aliphatic hydroxyl groups is 8. The molecule has 2 aliphatic rings. The van der Waals surface area contributed by atoms with Crippen molar-refractivity contribution in [3.05, 3.63) is 24.3 Å². The molecule has 2 heterocycles. The Morgan fingerprint density at radius 2 is 0.835 bits per heavy atom. The van der Waals surface area contributed by atoms with Crippen LogP contribution in [-0.2, 0) is 23.7 Å². The monoisotopic (exact) mass is 1130 g/mol. The number of ether oxygens (including phenoxy) is 4. The van der Waals surface area contributed by atoms with E-state index in [1.165, 1.54) is 186 Å². The Bertz CT molecular complexity index is 1420. The molecule has 0 aromatic heterocycles. The van der Waals surface area contributed by atoms with E-state index >= 15 is 0 Å². The molecule has 0 aliphatic carbocycles. The van der Waals surface area contributed by atoms with Gasteiger partial charge in [0, 0.05) is 6.42 Å². The second-order valence-electron chi connectivity index (χ2n) is 23.6. The summed E-state index contributed by atoms with van der Waals surface area (Å²) in [4.78, 5) is 13.3. The summed E-state index contributed by atoms with van der Waals surface area (Å²) in [6, 6.07) is -0.835. The summed E-state index contributed by atoms with van der Waals surface area (Å²) >= 11 is 0. The van der Waals surface area contributed by atoms with Crippen molar-refractivity contribution in [3.8, 4) is 0 Å². The van der Waals surface area contributed by atoms with Crippen LogP contribution in [0.5, 0.6) is 0 Å². The van der Waals surface area contributed by atoms with Gasteiger partial charge in [-0.3, -0.25) is 4.79 Å². The van der Waals surface area contributed by atoms with E-state index in [0.717, 1.165) is 70.6 Å². The van der Waals surface area contributed by atoms with Gasteiger partial charge in [0.1, 0.15) is 48.8 Å². The second kappa shape index (κ2) is 50.9. The highest BCUT2D eigenvalue weighted by Gasteiger charge is 2.51. The summed E-state index contributed by atoms with van der Waals surface area (Å²) in [5, 5.41) is 87.4. The highest BCUT2D eigenvalue weighted by molar-refractivity contribution is 5.76. The molecule has 0 bridgehead atoms. The minimum Gasteiger partial charge on any atom is -0.394 e. The van der Waals surface area contributed by atoms with Crippen LogP contribution in [0.2, 0.25) is 0 Å². The summed E-state index contributed by atoms with van der Waals surface area (Å²) in [5.41, 5.74) is 0. The highest BCUT2D eigenvalue weighted by Crippen LogP contribution is 2.30. The molecule has 9 N–H and O–H groups in total. The van der Waals surface area contributed by atoms with Crippen LogP contribution < -0.4 is 5.32 Å². The lowest BCUT2D eigenvalue weighted by atomic mass is 9.97. The van der Waals surface area contributed by atoms with Crippen LogP contribution in [0.1, 0.15) is 290 Å². The molecule has 2 aliphatic heterocycles. The average molecular weight is 1130 g/mol. The number of hydrogen-bond acceptors (Lipinski definition) is 13. The number of rotatable bonds is 54. The smallest absolute Gasteiger partial charge is 0.220 e. The first kappa shape index (κ1) is 73.6. The van der Waals surface area contributed by atoms with Crippen LogP contribution in [0.3, 0.4) is 0 Å². The van der Waals surface area contributed by atoms with Gasteiger partial charge in [0.25, 0.3) is 0 Å². The van der Waals surface area contributed by atoms with E-state index in [1.807, 2.05) is 0 Å². The Labute approximate surface area is 481 Å². The van der Waals surface area contributed by atoms with E-state index in [1.54, 1.807) is 0 Å². The number of unbranched alkanes of at least 4 members (excludes halogenated alkanes) is 37. The van der Waals surface area contributed by atoms with Crippen molar-refractivity contribution in [2.75, 3.05) is 19.8 Å². The number of carbonyl (C=O) groups is 1. The SMILES string of the molecule is CCCCC/C=C\C/C=C\CCCCCCCC(=O)NC(COC1OC(CO)C(OC2OC(CO)C(O)C(O)C2O)C(O)C1O)C(O)CCCCCCCCCCCCCCCCCCCCCCCCCCCCCCCC. The standard InChI is InChI=1S/C65H123NO13/c1-3-5-7-9-11-13-15-17-19-20-21-22-23-24-25-26-27-28-29-30-31-32-33-35-36-38-40-42-44-46-48-54(69)53(66-57(70)49-47-45-43-41-39-37-34-18-16-14-12-10-8-6-4-2)52-76-64-62(75)60(73)63(56(51-68)78-64)79-65-61(74)59(72)58(71)55(50-67)77-65/h12,14,18,34,53-56,58-65,67-69,71-75H,3-11,13,15-17,19-33,35-52H2,1-2H3,(H,66,70)/b14-12-,34-18-. The van der Waals surface area contributed by atoms with Gasteiger partial charge in [0.2, 0.25) is 5.91 Å². The lowest BCUT2D eigenvalue weighted by molar-refractivity contribution is -0.359. The van der Waals surface area contributed by atoms with Gasteiger partial charge in [-0.2, -0.15) is 0 Å². The molecule has 0 radical (unpaired) electrons. The van der Waals surface area contributed by atoms with Gasteiger partial charge in [-0.05, 0) is 44.9 Å². The number of nitrogens with one attached hydrogen (secondary N) is 1. The maximum absolute atomic E-state index is 13.3. The summed E-state index contributed by atoms with van der Waals surface area (Å²) in [6.07, 6.45) is 44.9. The summed E-state index contributed by atoms with van der Waals surface area (Å²) in [6.45, 7) is 2.86. The van der Waals surface area contributed by atoms with Crippen LogP contribution in [0.15, 0.2) is 24.3 Å². The van der Waals surface area contributed by atoms with Gasteiger partial charge in [0.05, 0.1) is 32.0 Å². The van der Waals surface area contributed by atoms with Crippen molar-refractivity contribution in [2.24, 2.45) is 0 Å². The molecule has 0 aromatic rings. The van der Waals surface area contributed by atoms with E-state index in [-0.39, 0.29) is 18.9 Å². The molecule has 12 unspecified atom stereocenters. The maximum atomic E-state index is 13.3. The molecular formula is C65H123NO13. The van der Waals surface area contributed by atoms with Crippen molar-refractivity contribution in [1.29, 1.82) is 0 Å². The van der Waals surface area contributed by atoms with Crippen LogP contribution >= 0.6 is 0 Å². The fourth-order valence-electron chi connectivity index (χ4n) is 11.1. The molecular weight excluding hydrogens is 1000 g/mol. The average Bonchev–Trinajstić information content (AvgIpc) is 3.47. The molecule has 466 valence electrons. The predicted molar refractivity (Wildman–Crippen MR) is 318 cm³/mol. The number of allylic oxidation sites excluding steroid dienone is 4. The van der Waals surface area contributed by atoms with Gasteiger partial charge in [-0.15, -0.1) is 0 Å². The zero-order valence-electron chi connectivity index (χ0n) is 50.4. The van der Waals surface area contributed by atoms with Crippen LogP contribution in [-0.4, -0.2) is 140 Å². The predicted octanol–water partition coefficient (Wildman–Crippen LogP) is 12.4. The van der Waals surface area contributed by atoms with Crippen LogP contribution in [0, 0.1) is 0 Å². The maximum Gasteiger partial charge on any atom is 0.220 e. The van der Waals surface area contributed by atoms with Crippen molar-refractivity contribution in [1.82, 2.24) is 5.32 Å². The Morgan fingerprint density at radius 1 is 0.456 bits per heavy atom. The minimum atomic E-state index is -1.78. The third kappa shape index (κ3) is 36.0. The van der Waals surface area contributed by atoms with Gasteiger partial charge < -0.3 is 65.1 Å². The number of hydrogen-bond donors (Lipinski definition) is 9. The molecule has 0 aromatic carbocycles. The molecule has 2 saturated heterocycles. The van der Waals surface area contributed by atoms with E-state index < -0.39 is 86.8 Å². The lowest BCUT2D eigenvalue weighted by Crippen LogP contribution is -2.65. The second-order valence-corrected chi connectivity index (χ2v) is 23.6. The largest absolute Gasteiger partial charge is 0.394 e. The Kier molecular flexibility index (Phi) is 47.4. The van der Waals surface area contributed by atoms with Crippen molar-refractivity contribution < 1.29 is 64.6 Å². The normalized spacial score (nSPS) is 24.5. The van der Waals surface area contributed by atoms with Gasteiger partial charge >= 0.3 is 0 Å². The topological polar surface area (TPSA) is 228 Å². The Morgan fingerprint density at radius 3 is 1.29 bits per heavy atom. The zero-order chi connectivity index (χ0) is 57.4. The van der Waals surface area contributed by atoms with E-state index in [4.69, 9.17) is 18.9 Å². The fraction of sp³-hybridized carbons (Fsp3) is 0.923. The third-order valence-corrected chi connectivity index (χ3v) is 16.4. The number of aliphatic hydroxyl groups excluding tert-OH is 8. The number of carbonyl (C=O) groups excluding carboxylic acids is 1. The first-order chi connectivity index (χ1) is 38.6.